The Balaban J connectivity index is 1.57. The predicted molar refractivity (Wildman–Crippen MR) is 217 cm³/mol. The second-order valence-corrected chi connectivity index (χ2v) is 20.7. The molecule has 4 saturated carbocycles. The van der Waals surface area contributed by atoms with Gasteiger partial charge in [-0.3, -0.25) is 19.2 Å². The molecular formula is C30H34Cl14N2O8. The SMILES string of the molecule is CNC(=O)C1C(Cl)C(OC2C(Cl)C(Cl)C(OC3C(Cl)C(Cl)C(C(=O)O)C(C(=O)NC4C(Cl)C(C)C(Cl)C(Cl)C4Cl)C3Cl)C(Cl)C2Cl)C(Cl)C(Cl)C1C(=O)O. The molecular weight excluding hydrogens is 1010 g/mol. The first-order valence-electron chi connectivity index (χ1n) is 16.3. The van der Waals surface area contributed by atoms with Gasteiger partial charge in [-0.15, -0.1) is 162 Å². The molecule has 0 aromatic rings. The molecule has 0 aliphatic heterocycles. The average molecular weight is 1050 g/mol. The summed E-state index contributed by atoms with van der Waals surface area (Å²) in [7, 11) is 1.30. The number of alkyl halides is 14. The highest BCUT2D eigenvalue weighted by molar-refractivity contribution is 6.38. The van der Waals surface area contributed by atoms with Gasteiger partial charge in [0.1, 0.15) is 0 Å². The van der Waals surface area contributed by atoms with Crippen LogP contribution in [0.5, 0.6) is 0 Å². The summed E-state index contributed by atoms with van der Waals surface area (Å²) in [5, 5.41) is 8.99. The summed E-state index contributed by atoms with van der Waals surface area (Å²) in [6.45, 7) is 1.73. The van der Waals surface area contributed by atoms with Crippen molar-refractivity contribution in [2.45, 2.75) is 113 Å². The van der Waals surface area contributed by atoms with Crippen molar-refractivity contribution in [3.8, 4) is 0 Å². The van der Waals surface area contributed by atoms with E-state index in [2.05, 4.69) is 10.6 Å². The molecule has 4 N–H and O–H groups in total. The minimum atomic E-state index is -1.61. The van der Waals surface area contributed by atoms with E-state index in [-0.39, 0.29) is 0 Å². The summed E-state index contributed by atoms with van der Waals surface area (Å²) in [5.74, 6) is -10.8. The predicted octanol–water partition coefficient (Wildman–Crippen LogP) is 6.55. The number of carboxylic acid groups (broad SMARTS) is 2. The molecule has 24 heteroatoms. The molecule has 2 amide bonds. The fraction of sp³-hybridized carbons (Fsp3) is 0.867. The molecule has 0 aromatic carbocycles. The molecule has 4 aliphatic rings. The zero-order valence-electron chi connectivity index (χ0n) is 27.5. The lowest BCUT2D eigenvalue weighted by Crippen LogP contribution is -2.66. The van der Waals surface area contributed by atoms with Crippen LogP contribution in [0.25, 0.3) is 0 Å². The minimum absolute atomic E-state index is 0.403. The molecule has 0 heterocycles. The Hall–Kier alpha value is 1.86. The van der Waals surface area contributed by atoms with E-state index in [0.717, 1.165) is 0 Å². The van der Waals surface area contributed by atoms with Crippen molar-refractivity contribution < 1.29 is 38.9 Å². The number of nitrogens with one attached hydrogen (secondary N) is 2. The number of halogens is 14. The van der Waals surface area contributed by atoms with Crippen LogP contribution in [-0.2, 0) is 28.7 Å². The van der Waals surface area contributed by atoms with Crippen molar-refractivity contribution in [3.05, 3.63) is 0 Å². The van der Waals surface area contributed by atoms with Gasteiger partial charge in [0.25, 0.3) is 0 Å². The lowest BCUT2D eigenvalue weighted by atomic mass is 9.75. The van der Waals surface area contributed by atoms with Gasteiger partial charge in [-0.05, 0) is 5.92 Å². The maximum absolute atomic E-state index is 13.9. The molecule has 22 unspecified atom stereocenters. The van der Waals surface area contributed by atoms with Crippen LogP contribution in [0.15, 0.2) is 0 Å². The molecule has 0 bridgehead atoms. The number of hydrogen-bond donors (Lipinski definition) is 4. The van der Waals surface area contributed by atoms with Crippen molar-refractivity contribution in [1.82, 2.24) is 10.6 Å². The third-order valence-electron chi connectivity index (χ3n) is 10.5. The summed E-state index contributed by atoms with van der Waals surface area (Å²) < 4.78 is 12.5. The fourth-order valence-electron chi connectivity index (χ4n) is 7.47. The van der Waals surface area contributed by atoms with Crippen LogP contribution in [0.3, 0.4) is 0 Å². The minimum Gasteiger partial charge on any atom is -0.481 e. The van der Waals surface area contributed by atoms with Crippen molar-refractivity contribution in [1.29, 1.82) is 0 Å². The van der Waals surface area contributed by atoms with Gasteiger partial charge in [0, 0.05) is 7.05 Å². The second kappa shape index (κ2) is 19.7. The Labute approximate surface area is 381 Å². The van der Waals surface area contributed by atoms with E-state index >= 15 is 0 Å². The molecule has 4 fully saturated rings. The van der Waals surface area contributed by atoms with Crippen LogP contribution in [0.1, 0.15) is 6.92 Å². The van der Waals surface area contributed by atoms with E-state index in [1.54, 1.807) is 6.92 Å². The summed E-state index contributed by atoms with van der Waals surface area (Å²) in [4.78, 5) is 51.3. The highest BCUT2D eigenvalue weighted by Crippen LogP contribution is 2.48. The van der Waals surface area contributed by atoms with E-state index < -0.39 is 159 Å². The van der Waals surface area contributed by atoms with Crippen molar-refractivity contribution in [3.63, 3.8) is 0 Å². The Morgan fingerprint density at radius 3 is 1.11 bits per heavy atom. The number of hydrogen-bond acceptors (Lipinski definition) is 6. The number of carbonyl (C=O) groups is 4. The van der Waals surface area contributed by atoms with Gasteiger partial charge in [-0.2, -0.15) is 0 Å². The zero-order chi connectivity index (χ0) is 41.0. The molecule has 10 nitrogen and oxygen atoms in total. The molecule has 54 heavy (non-hydrogen) atoms. The largest absolute Gasteiger partial charge is 0.481 e. The Morgan fingerprint density at radius 1 is 0.426 bits per heavy atom. The lowest BCUT2D eigenvalue weighted by molar-refractivity contribution is -0.153. The highest BCUT2D eigenvalue weighted by atomic mass is 35.5. The van der Waals surface area contributed by atoms with Crippen LogP contribution in [0.4, 0.5) is 0 Å². The maximum atomic E-state index is 13.9. The number of amides is 2. The third kappa shape index (κ3) is 9.21. The number of ether oxygens (including phenoxy) is 2. The second-order valence-electron chi connectivity index (χ2n) is 13.6. The first-order valence-corrected chi connectivity index (χ1v) is 22.4. The van der Waals surface area contributed by atoms with Crippen molar-refractivity contribution in [2.75, 3.05) is 7.05 Å². The summed E-state index contributed by atoms with van der Waals surface area (Å²) in [6, 6.07) is -0.947. The monoisotopic (exact) mass is 1040 g/mol. The highest BCUT2D eigenvalue weighted by Gasteiger charge is 2.61. The maximum Gasteiger partial charge on any atom is 0.308 e. The molecule has 0 spiro atoms. The third-order valence-corrected chi connectivity index (χ3v) is 19.0. The first kappa shape index (κ1) is 48.5. The number of carboxylic acids is 2. The molecule has 4 rings (SSSR count). The lowest BCUT2D eigenvalue weighted by Gasteiger charge is -2.50. The van der Waals surface area contributed by atoms with Crippen LogP contribution >= 0.6 is 162 Å². The Bertz CT molecular complexity index is 1370. The fourth-order valence-corrected chi connectivity index (χ4v) is 13.4. The van der Waals surface area contributed by atoms with Gasteiger partial charge in [0.05, 0.1) is 129 Å². The molecule has 0 radical (unpaired) electrons. The van der Waals surface area contributed by atoms with E-state index in [1.807, 2.05) is 0 Å². The average Bonchev–Trinajstić information content (AvgIpc) is 3.12. The standard InChI is InChI=1S/C30H34Cl14N2O8/c1-3-8(31)14(37)15(38)22(9(3)32)46-28(48)5-7(30(51)52)11(34)17(40)24(13(5)36)54-26-20(43)18(41)25(19(42)21(26)44)53-23-12(35)4(27(47)45-2)6(29(49)50)10(33)16(23)39/h3-26H,1-2H3,(H,45,47)(H,46,48)(H,49,50)(H,51,52). The Morgan fingerprint density at radius 2 is 0.759 bits per heavy atom. The molecule has 0 aromatic heterocycles. The van der Waals surface area contributed by atoms with E-state index in [4.69, 9.17) is 172 Å². The van der Waals surface area contributed by atoms with Crippen molar-refractivity contribution in [2.24, 2.45) is 29.6 Å². The zero-order valence-corrected chi connectivity index (χ0v) is 38.1. The number of carbonyl (C=O) groups excluding carboxylic acids is 2. The van der Waals surface area contributed by atoms with Gasteiger partial charge in [0.15, 0.2) is 0 Å². The van der Waals surface area contributed by atoms with E-state index in [1.165, 1.54) is 7.05 Å². The Kier molecular flexibility index (Phi) is 17.7. The molecule has 0 saturated heterocycles. The van der Waals surface area contributed by atoms with Gasteiger partial charge in [-0.1, -0.05) is 6.92 Å². The summed E-state index contributed by atoms with van der Waals surface area (Å²) in [5.41, 5.74) is 0. The number of aliphatic carboxylic acids is 2. The van der Waals surface area contributed by atoms with Crippen LogP contribution in [0.2, 0.25) is 0 Å². The van der Waals surface area contributed by atoms with Crippen LogP contribution in [-0.4, -0.2) is 147 Å². The van der Waals surface area contributed by atoms with Gasteiger partial charge < -0.3 is 30.3 Å². The van der Waals surface area contributed by atoms with Gasteiger partial charge in [0.2, 0.25) is 11.8 Å². The van der Waals surface area contributed by atoms with Gasteiger partial charge in [-0.25, -0.2) is 0 Å². The van der Waals surface area contributed by atoms with Crippen LogP contribution < -0.4 is 10.6 Å². The normalized spacial score (nSPS) is 51.2. The smallest absolute Gasteiger partial charge is 0.308 e. The van der Waals surface area contributed by atoms with E-state index in [0.29, 0.717) is 0 Å². The molecule has 22 atom stereocenters. The van der Waals surface area contributed by atoms with Gasteiger partial charge >= 0.3 is 11.9 Å². The quantitative estimate of drug-likeness (QED) is 0.190. The summed E-state index contributed by atoms with van der Waals surface area (Å²) >= 11 is 93.3. The number of rotatable bonds is 9. The summed E-state index contributed by atoms with van der Waals surface area (Å²) in [6.07, 6.45) is -5.14. The van der Waals surface area contributed by atoms with E-state index in [9.17, 15) is 29.4 Å². The molecule has 4 aliphatic carbocycles. The molecule has 310 valence electrons. The van der Waals surface area contributed by atoms with Crippen LogP contribution in [0, 0.1) is 29.6 Å². The topological polar surface area (TPSA) is 151 Å². The first-order chi connectivity index (χ1) is 25.0. The van der Waals surface area contributed by atoms with Crippen molar-refractivity contribution >= 4 is 186 Å².